The SMILES string of the molecule is CC(C)CNC(=O)C(C)N(Cc1ccccc1Cl)C(=O)CSc1ccc(Cl)cc1. The van der Waals surface area contributed by atoms with Crippen molar-refractivity contribution < 1.29 is 9.59 Å². The van der Waals surface area contributed by atoms with E-state index < -0.39 is 6.04 Å². The second-order valence-corrected chi connectivity index (χ2v) is 9.06. The third kappa shape index (κ3) is 7.57. The van der Waals surface area contributed by atoms with Gasteiger partial charge in [0, 0.05) is 28.0 Å². The Kier molecular flexibility index (Phi) is 9.34. The van der Waals surface area contributed by atoms with Crippen LogP contribution in [0.15, 0.2) is 53.4 Å². The average Bonchev–Trinajstić information content (AvgIpc) is 2.70. The average molecular weight is 453 g/mol. The maximum absolute atomic E-state index is 13.0. The van der Waals surface area contributed by atoms with Crippen molar-refractivity contribution in [3.05, 3.63) is 64.1 Å². The minimum absolute atomic E-state index is 0.128. The number of carbonyl (C=O) groups excluding carboxylic acids is 2. The van der Waals surface area contributed by atoms with Crippen LogP contribution >= 0.6 is 35.0 Å². The lowest BCUT2D eigenvalue weighted by Gasteiger charge is -2.29. The third-order valence-corrected chi connectivity index (χ3v) is 5.94. The summed E-state index contributed by atoms with van der Waals surface area (Å²) in [7, 11) is 0. The summed E-state index contributed by atoms with van der Waals surface area (Å²) in [6.07, 6.45) is 0. The predicted molar refractivity (Wildman–Crippen MR) is 121 cm³/mol. The number of nitrogens with one attached hydrogen (secondary N) is 1. The fourth-order valence-corrected chi connectivity index (χ4v) is 3.71. The van der Waals surface area contributed by atoms with Crippen LogP contribution < -0.4 is 5.32 Å². The van der Waals surface area contributed by atoms with Gasteiger partial charge in [-0.05, 0) is 48.7 Å². The Hall–Kier alpha value is -1.69. The van der Waals surface area contributed by atoms with E-state index in [9.17, 15) is 9.59 Å². The molecule has 0 heterocycles. The molecule has 0 saturated carbocycles. The molecule has 0 aliphatic rings. The van der Waals surface area contributed by atoms with Gasteiger partial charge in [-0.1, -0.05) is 55.2 Å². The number of hydrogen-bond acceptors (Lipinski definition) is 3. The van der Waals surface area contributed by atoms with Crippen molar-refractivity contribution in [3.8, 4) is 0 Å². The van der Waals surface area contributed by atoms with Gasteiger partial charge in [0.2, 0.25) is 11.8 Å². The van der Waals surface area contributed by atoms with Gasteiger partial charge in [-0.25, -0.2) is 0 Å². The zero-order valence-corrected chi connectivity index (χ0v) is 19.2. The molecule has 156 valence electrons. The molecule has 0 fully saturated rings. The summed E-state index contributed by atoms with van der Waals surface area (Å²) in [5, 5.41) is 4.13. The molecule has 0 radical (unpaired) electrons. The maximum Gasteiger partial charge on any atom is 0.242 e. The molecule has 0 saturated heterocycles. The Morgan fingerprint density at radius 2 is 1.69 bits per heavy atom. The van der Waals surface area contributed by atoms with E-state index in [-0.39, 0.29) is 24.1 Å². The highest BCUT2D eigenvalue weighted by molar-refractivity contribution is 8.00. The molecule has 2 amide bonds. The van der Waals surface area contributed by atoms with E-state index in [2.05, 4.69) is 5.32 Å². The molecule has 29 heavy (non-hydrogen) atoms. The fraction of sp³-hybridized carbons (Fsp3) is 0.364. The van der Waals surface area contributed by atoms with Gasteiger partial charge in [0.1, 0.15) is 6.04 Å². The van der Waals surface area contributed by atoms with E-state index in [4.69, 9.17) is 23.2 Å². The van der Waals surface area contributed by atoms with Crippen molar-refractivity contribution in [1.82, 2.24) is 10.2 Å². The van der Waals surface area contributed by atoms with Crippen LogP contribution in [-0.2, 0) is 16.1 Å². The van der Waals surface area contributed by atoms with Gasteiger partial charge < -0.3 is 10.2 Å². The number of thioether (sulfide) groups is 1. The first-order chi connectivity index (χ1) is 13.8. The van der Waals surface area contributed by atoms with Crippen LogP contribution in [0.1, 0.15) is 26.3 Å². The summed E-state index contributed by atoms with van der Waals surface area (Å²) < 4.78 is 0. The monoisotopic (exact) mass is 452 g/mol. The molecule has 4 nitrogen and oxygen atoms in total. The summed E-state index contributed by atoms with van der Waals surface area (Å²) in [4.78, 5) is 28.2. The van der Waals surface area contributed by atoms with Crippen molar-refractivity contribution in [2.45, 2.75) is 38.3 Å². The predicted octanol–water partition coefficient (Wildman–Crippen LogP) is 5.28. The molecule has 1 unspecified atom stereocenters. The van der Waals surface area contributed by atoms with Gasteiger partial charge in [-0.3, -0.25) is 9.59 Å². The highest BCUT2D eigenvalue weighted by Gasteiger charge is 2.26. The van der Waals surface area contributed by atoms with E-state index in [1.807, 2.05) is 44.2 Å². The maximum atomic E-state index is 13.0. The second kappa shape index (κ2) is 11.5. The number of nitrogens with zero attached hydrogens (tertiary/aromatic N) is 1. The van der Waals surface area contributed by atoms with Gasteiger partial charge >= 0.3 is 0 Å². The lowest BCUT2D eigenvalue weighted by molar-refractivity contribution is -0.138. The molecule has 2 rings (SSSR count). The molecule has 0 aliphatic heterocycles. The molecule has 2 aromatic carbocycles. The van der Waals surface area contributed by atoms with Crippen LogP contribution in [0.3, 0.4) is 0 Å². The molecule has 0 bridgehead atoms. The van der Waals surface area contributed by atoms with Crippen LogP contribution in [0.2, 0.25) is 10.0 Å². The van der Waals surface area contributed by atoms with Crippen LogP contribution in [0.5, 0.6) is 0 Å². The minimum Gasteiger partial charge on any atom is -0.354 e. The van der Waals surface area contributed by atoms with Crippen molar-refractivity contribution in [2.24, 2.45) is 5.92 Å². The summed E-state index contributed by atoms with van der Waals surface area (Å²) >= 11 is 13.6. The van der Waals surface area contributed by atoms with Crippen LogP contribution in [-0.4, -0.2) is 35.1 Å². The van der Waals surface area contributed by atoms with Crippen molar-refractivity contribution >= 4 is 46.8 Å². The molecule has 0 aromatic heterocycles. The largest absolute Gasteiger partial charge is 0.354 e. The van der Waals surface area contributed by atoms with E-state index >= 15 is 0 Å². The van der Waals surface area contributed by atoms with Gasteiger partial charge in [-0.15, -0.1) is 11.8 Å². The molecular formula is C22H26Cl2N2O2S. The summed E-state index contributed by atoms with van der Waals surface area (Å²) in [5.74, 6) is 0.250. The van der Waals surface area contributed by atoms with E-state index in [0.29, 0.717) is 22.5 Å². The van der Waals surface area contributed by atoms with Crippen molar-refractivity contribution in [2.75, 3.05) is 12.3 Å². The zero-order chi connectivity index (χ0) is 21.4. The Bertz CT molecular complexity index is 828. The topological polar surface area (TPSA) is 49.4 Å². The fourth-order valence-electron chi connectivity index (χ4n) is 2.60. The minimum atomic E-state index is -0.608. The van der Waals surface area contributed by atoms with E-state index in [0.717, 1.165) is 10.5 Å². The number of rotatable bonds is 9. The Morgan fingerprint density at radius 3 is 2.31 bits per heavy atom. The first-order valence-electron chi connectivity index (χ1n) is 9.47. The Balaban J connectivity index is 2.13. The molecular weight excluding hydrogens is 427 g/mol. The highest BCUT2D eigenvalue weighted by Crippen LogP contribution is 2.23. The van der Waals surface area contributed by atoms with Crippen LogP contribution in [0.4, 0.5) is 0 Å². The van der Waals surface area contributed by atoms with E-state index in [1.54, 1.807) is 30.0 Å². The van der Waals surface area contributed by atoms with Crippen LogP contribution in [0, 0.1) is 5.92 Å². The standard InChI is InChI=1S/C22H26Cl2N2O2S/c1-15(2)12-25-22(28)16(3)26(13-17-6-4-5-7-20(17)24)21(27)14-29-19-10-8-18(23)9-11-19/h4-11,15-16H,12-14H2,1-3H3,(H,25,28). The zero-order valence-electron chi connectivity index (χ0n) is 16.8. The van der Waals surface area contributed by atoms with Gasteiger partial charge in [-0.2, -0.15) is 0 Å². The number of carbonyl (C=O) groups is 2. The quantitative estimate of drug-likeness (QED) is 0.526. The van der Waals surface area contributed by atoms with Gasteiger partial charge in [0.25, 0.3) is 0 Å². The third-order valence-electron chi connectivity index (χ3n) is 4.33. The smallest absolute Gasteiger partial charge is 0.242 e. The summed E-state index contributed by atoms with van der Waals surface area (Å²) in [6, 6.07) is 14.1. The number of hydrogen-bond donors (Lipinski definition) is 1. The molecule has 7 heteroatoms. The summed E-state index contributed by atoms with van der Waals surface area (Å²) in [5.41, 5.74) is 0.808. The summed E-state index contributed by atoms with van der Waals surface area (Å²) in [6.45, 7) is 6.64. The van der Waals surface area contributed by atoms with Crippen LogP contribution in [0.25, 0.3) is 0 Å². The number of halogens is 2. The molecule has 2 aromatic rings. The molecule has 1 N–H and O–H groups in total. The first-order valence-corrected chi connectivity index (χ1v) is 11.2. The number of benzene rings is 2. The normalized spacial score (nSPS) is 11.9. The molecule has 0 spiro atoms. The van der Waals surface area contributed by atoms with Gasteiger partial charge in [0.05, 0.1) is 5.75 Å². The molecule has 1 atom stereocenters. The number of amides is 2. The lowest BCUT2D eigenvalue weighted by atomic mass is 10.1. The Morgan fingerprint density at radius 1 is 1.03 bits per heavy atom. The van der Waals surface area contributed by atoms with E-state index in [1.165, 1.54) is 11.8 Å². The lowest BCUT2D eigenvalue weighted by Crippen LogP contribution is -2.48. The second-order valence-electron chi connectivity index (χ2n) is 7.17. The first kappa shape index (κ1) is 23.6. The van der Waals surface area contributed by atoms with Crippen molar-refractivity contribution in [3.63, 3.8) is 0 Å². The Labute approximate surface area is 187 Å². The molecule has 0 aliphatic carbocycles. The van der Waals surface area contributed by atoms with Crippen molar-refractivity contribution in [1.29, 1.82) is 0 Å². The van der Waals surface area contributed by atoms with Gasteiger partial charge in [0.15, 0.2) is 0 Å². The highest BCUT2D eigenvalue weighted by atomic mass is 35.5.